The lowest BCUT2D eigenvalue weighted by Crippen LogP contribution is -2.49. The molecule has 0 aliphatic carbocycles. The van der Waals surface area contributed by atoms with Crippen molar-refractivity contribution in [3.8, 4) is 17.6 Å². The minimum Gasteiger partial charge on any atom is -0.508 e. The molecule has 166 valence electrons. The Kier molecular flexibility index (Phi) is 5.81. The number of ether oxygens (including phenoxy) is 2. The van der Waals surface area contributed by atoms with Gasteiger partial charge in [-0.3, -0.25) is 14.9 Å². The largest absolute Gasteiger partial charge is 0.508 e. The van der Waals surface area contributed by atoms with E-state index in [1.807, 2.05) is 6.92 Å². The van der Waals surface area contributed by atoms with E-state index in [4.69, 9.17) is 9.47 Å². The number of rotatable bonds is 5. The average Bonchev–Trinajstić information content (AvgIpc) is 2.72. The molecule has 2 aromatic rings. The van der Waals surface area contributed by atoms with Gasteiger partial charge in [-0.05, 0) is 63.4 Å². The third-order valence-corrected chi connectivity index (χ3v) is 5.34. The third-order valence-electron chi connectivity index (χ3n) is 5.34. The van der Waals surface area contributed by atoms with Gasteiger partial charge < -0.3 is 14.6 Å². The summed E-state index contributed by atoms with van der Waals surface area (Å²) in [5.74, 6) is 0.0868. The summed E-state index contributed by atoms with van der Waals surface area (Å²) in [6.45, 7) is 8.66. The van der Waals surface area contributed by atoms with Crippen LogP contribution in [-0.2, 0) is 16.0 Å². The number of hydrogen-bond donors (Lipinski definition) is 1. The van der Waals surface area contributed by atoms with Crippen LogP contribution >= 0.6 is 0 Å². The highest BCUT2D eigenvalue weighted by Gasteiger charge is 2.47. The Hall–Kier alpha value is -3.70. The topological polar surface area (TPSA) is 123 Å². The third kappa shape index (κ3) is 4.07. The van der Waals surface area contributed by atoms with Gasteiger partial charge in [-0.1, -0.05) is 13.0 Å². The van der Waals surface area contributed by atoms with Crippen molar-refractivity contribution in [3.63, 3.8) is 0 Å². The van der Waals surface area contributed by atoms with Crippen molar-refractivity contribution >= 4 is 17.0 Å². The number of nitro groups is 1. The molecule has 0 amide bonds. The predicted molar refractivity (Wildman–Crippen MR) is 118 cm³/mol. The Bertz CT molecular complexity index is 1190. The summed E-state index contributed by atoms with van der Waals surface area (Å²) < 4.78 is 11.7. The van der Waals surface area contributed by atoms with E-state index in [0.717, 1.165) is 5.56 Å². The van der Waals surface area contributed by atoms with E-state index >= 15 is 0 Å². The highest BCUT2D eigenvalue weighted by Crippen LogP contribution is 2.42. The number of aryl methyl sites for hydroxylation is 1. The molecule has 0 fully saturated rings. The fraction of sp³-hybridized carbons (Fsp3) is 0.333. The van der Waals surface area contributed by atoms with Crippen molar-refractivity contribution in [1.82, 2.24) is 0 Å². The van der Waals surface area contributed by atoms with Crippen molar-refractivity contribution < 1.29 is 24.3 Å². The fourth-order valence-electron chi connectivity index (χ4n) is 3.82. The standard InChI is InChI=1S/C24H24N2O6/c1-6-14-7-8-17(31-16-9-10-19(26(29)30)15(11-16)13-25)12-18(14)20-21(27)23(2,3)32-24(4,5)22(20)28/h7-12,27H,6H2,1-5H3. The number of hydrogen-bond acceptors (Lipinski definition) is 7. The minimum absolute atomic E-state index is 0.124. The summed E-state index contributed by atoms with van der Waals surface area (Å²) in [5, 5.41) is 31.2. The molecule has 0 atom stereocenters. The molecular weight excluding hydrogens is 412 g/mol. The van der Waals surface area contributed by atoms with Crippen LogP contribution in [0.2, 0.25) is 0 Å². The second kappa shape index (κ2) is 8.09. The smallest absolute Gasteiger partial charge is 0.287 e. The van der Waals surface area contributed by atoms with Gasteiger partial charge in [0.1, 0.15) is 40.1 Å². The normalized spacial score (nSPS) is 17.1. The molecule has 32 heavy (non-hydrogen) atoms. The maximum Gasteiger partial charge on any atom is 0.287 e. The number of aliphatic hydroxyl groups is 1. The Balaban J connectivity index is 2.10. The van der Waals surface area contributed by atoms with Crippen LogP contribution in [0.3, 0.4) is 0 Å². The number of nitriles is 1. The highest BCUT2D eigenvalue weighted by atomic mass is 16.6. The Morgan fingerprint density at radius 1 is 1.12 bits per heavy atom. The summed E-state index contributed by atoms with van der Waals surface area (Å²) in [4.78, 5) is 23.6. The van der Waals surface area contributed by atoms with Crippen molar-refractivity contribution in [1.29, 1.82) is 5.26 Å². The molecule has 0 bridgehead atoms. The van der Waals surface area contributed by atoms with Crippen LogP contribution in [0.4, 0.5) is 5.69 Å². The second-order valence-electron chi connectivity index (χ2n) is 8.50. The SMILES string of the molecule is CCc1ccc(Oc2ccc([N+](=O)[O-])c(C#N)c2)cc1C1=C(O)C(C)(C)OC(C)(C)C1=O. The van der Waals surface area contributed by atoms with Gasteiger partial charge in [0.2, 0.25) is 0 Å². The molecule has 2 aromatic carbocycles. The Morgan fingerprint density at radius 3 is 2.34 bits per heavy atom. The molecule has 0 radical (unpaired) electrons. The van der Waals surface area contributed by atoms with E-state index in [0.29, 0.717) is 17.7 Å². The maximum absolute atomic E-state index is 13.2. The van der Waals surface area contributed by atoms with Gasteiger partial charge in [0.25, 0.3) is 5.69 Å². The zero-order chi connectivity index (χ0) is 23.8. The van der Waals surface area contributed by atoms with Crippen molar-refractivity contribution in [3.05, 3.63) is 69.0 Å². The number of aliphatic hydroxyl groups excluding tert-OH is 1. The van der Waals surface area contributed by atoms with Crippen LogP contribution in [0.1, 0.15) is 51.3 Å². The van der Waals surface area contributed by atoms with Gasteiger partial charge in [-0.15, -0.1) is 0 Å². The summed E-state index contributed by atoms with van der Waals surface area (Å²) in [5.41, 5.74) is -1.09. The molecule has 0 saturated heterocycles. The lowest BCUT2D eigenvalue weighted by Gasteiger charge is -2.40. The van der Waals surface area contributed by atoms with E-state index in [-0.39, 0.29) is 34.1 Å². The first-order chi connectivity index (χ1) is 14.9. The first kappa shape index (κ1) is 23.0. The van der Waals surface area contributed by atoms with Gasteiger partial charge >= 0.3 is 0 Å². The molecule has 8 nitrogen and oxygen atoms in total. The first-order valence-electron chi connectivity index (χ1n) is 10.1. The monoisotopic (exact) mass is 436 g/mol. The number of benzene rings is 2. The Morgan fingerprint density at radius 2 is 1.75 bits per heavy atom. The van der Waals surface area contributed by atoms with E-state index in [9.17, 15) is 25.3 Å². The van der Waals surface area contributed by atoms with Gasteiger partial charge in [0, 0.05) is 12.1 Å². The molecule has 0 unspecified atom stereocenters. The van der Waals surface area contributed by atoms with Crippen molar-refractivity contribution in [2.24, 2.45) is 0 Å². The van der Waals surface area contributed by atoms with E-state index in [1.54, 1.807) is 52.0 Å². The van der Waals surface area contributed by atoms with Gasteiger partial charge in [-0.25, -0.2) is 0 Å². The Labute approximate surface area is 185 Å². The van der Waals surface area contributed by atoms with Crippen LogP contribution < -0.4 is 4.74 Å². The first-order valence-corrected chi connectivity index (χ1v) is 10.1. The molecule has 1 aliphatic rings. The van der Waals surface area contributed by atoms with Gasteiger partial charge in [0.15, 0.2) is 5.78 Å². The van der Waals surface area contributed by atoms with Crippen LogP contribution in [0.5, 0.6) is 11.5 Å². The van der Waals surface area contributed by atoms with Gasteiger partial charge in [-0.2, -0.15) is 5.26 Å². The van der Waals surface area contributed by atoms with Gasteiger partial charge in [0.05, 0.1) is 10.5 Å². The molecular formula is C24H24N2O6. The lowest BCUT2D eigenvalue weighted by atomic mass is 9.81. The molecule has 3 rings (SSSR count). The summed E-state index contributed by atoms with van der Waals surface area (Å²) in [6.07, 6.45) is 0.609. The van der Waals surface area contributed by atoms with E-state index in [1.165, 1.54) is 18.2 Å². The molecule has 0 spiro atoms. The minimum atomic E-state index is -1.13. The summed E-state index contributed by atoms with van der Waals surface area (Å²) in [6, 6.07) is 10.8. The maximum atomic E-state index is 13.2. The molecule has 0 aromatic heterocycles. The van der Waals surface area contributed by atoms with Crippen LogP contribution in [0.25, 0.3) is 5.57 Å². The number of ketones is 1. The molecule has 1 aliphatic heterocycles. The fourth-order valence-corrected chi connectivity index (χ4v) is 3.82. The van der Waals surface area contributed by atoms with Crippen LogP contribution in [0, 0.1) is 21.4 Å². The molecule has 1 N–H and O–H groups in total. The number of Topliss-reactive ketones (excluding diaryl/α,β-unsaturated/α-hetero) is 1. The second-order valence-corrected chi connectivity index (χ2v) is 8.50. The number of nitrogens with zero attached hydrogens (tertiary/aromatic N) is 2. The average molecular weight is 436 g/mol. The lowest BCUT2D eigenvalue weighted by molar-refractivity contribution is -0.385. The van der Waals surface area contributed by atoms with Crippen LogP contribution in [-0.4, -0.2) is 27.0 Å². The predicted octanol–water partition coefficient (Wildman–Crippen LogP) is 5.25. The summed E-state index contributed by atoms with van der Waals surface area (Å²) >= 11 is 0. The van der Waals surface area contributed by atoms with Crippen LogP contribution in [0.15, 0.2) is 42.2 Å². The van der Waals surface area contributed by atoms with E-state index in [2.05, 4.69) is 0 Å². The van der Waals surface area contributed by atoms with E-state index < -0.39 is 16.1 Å². The highest BCUT2D eigenvalue weighted by molar-refractivity contribution is 6.26. The zero-order valence-corrected chi connectivity index (χ0v) is 18.6. The van der Waals surface area contributed by atoms with Crippen molar-refractivity contribution in [2.45, 2.75) is 52.2 Å². The molecule has 0 saturated carbocycles. The summed E-state index contributed by atoms with van der Waals surface area (Å²) in [7, 11) is 0. The quantitative estimate of drug-likeness (QED) is 0.502. The van der Waals surface area contributed by atoms with Crippen molar-refractivity contribution in [2.75, 3.05) is 0 Å². The molecule has 1 heterocycles. The number of nitro benzene ring substituents is 1. The number of carbonyl (C=O) groups excluding carboxylic acids is 1. The molecule has 8 heteroatoms. The zero-order valence-electron chi connectivity index (χ0n) is 18.6. The number of carbonyl (C=O) groups is 1.